The molecule has 1 amide bonds. The topological polar surface area (TPSA) is 55.5 Å². The molecule has 7 nitrogen and oxygen atoms in total. The fraction of sp³-hybridized carbons (Fsp3) is 0.318. The first kappa shape index (κ1) is 22.8. The van der Waals surface area contributed by atoms with E-state index in [1.165, 1.54) is 0 Å². The Morgan fingerprint density at radius 1 is 1.06 bits per heavy atom. The van der Waals surface area contributed by atoms with Crippen LogP contribution in [0.5, 0.6) is 5.75 Å². The minimum absolute atomic E-state index is 0.0229. The summed E-state index contributed by atoms with van der Waals surface area (Å²) in [5.41, 5.74) is 0.651. The molecular weight excluding hydrogens is 469 g/mol. The van der Waals surface area contributed by atoms with Gasteiger partial charge in [0.25, 0.3) is 5.91 Å². The Morgan fingerprint density at radius 2 is 1.75 bits per heavy atom. The van der Waals surface area contributed by atoms with E-state index in [2.05, 4.69) is 10.00 Å². The Labute approximate surface area is 201 Å². The maximum Gasteiger partial charge on any atom is 0.253 e. The van der Waals surface area contributed by atoms with Gasteiger partial charge in [0.05, 0.1) is 11.7 Å². The molecule has 1 saturated heterocycles. The van der Waals surface area contributed by atoms with Crippen molar-refractivity contribution >= 4 is 41.3 Å². The lowest BCUT2D eigenvalue weighted by molar-refractivity contribution is 0.0584. The van der Waals surface area contributed by atoms with Crippen LogP contribution in [0.25, 0.3) is 0 Å². The summed E-state index contributed by atoms with van der Waals surface area (Å²) in [6, 6.07) is 14.3. The second kappa shape index (κ2) is 10.0. The molecular formula is C22H23Cl2N5O2S. The summed E-state index contributed by atoms with van der Waals surface area (Å²) in [7, 11) is 1.87. The Morgan fingerprint density at radius 3 is 2.44 bits per heavy atom. The van der Waals surface area contributed by atoms with Gasteiger partial charge in [0.1, 0.15) is 12.4 Å². The highest BCUT2D eigenvalue weighted by Crippen LogP contribution is 2.24. The molecule has 2 heterocycles. The van der Waals surface area contributed by atoms with E-state index in [-0.39, 0.29) is 12.5 Å². The van der Waals surface area contributed by atoms with Crippen molar-refractivity contribution in [2.75, 3.05) is 26.2 Å². The van der Waals surface area contributed by atoms with Gasteiger partial charge in [-0.1, -0.05) is 35.3 Å². The molecule has 32 heavy (non-hydrogen) atoms. The van der Waals surface area contributed by atoms with Crippen molar-refractivity contribution < 1.29 is 9.53 Å². The highest BCUT2D eigenvalue weighted by Gasteiger charge is 2.23. The lowest BCUT2D eigenvalue weighted by Crippen LogP contribution is -2.49. The molecule has 0 bridgehead atoms. The van der Waals surface area contributed by atoms with Crippen LogP contribution in [0.3, 0.4) is 0 Å². The number of rotatable bonds is 6. The zero-order chi connectivity index (χ0) is 22.7. The number of benzene rings is 2. The summed E-state index contributed by atoms with van der Waals surface area (Å²) in [5, 5.41) is 5.81. The molecule has 4 rings (SSSR count). The maximum atomic E-state index is 12.7. The van der Waals surface area contributed by atoms with Gasteiger partial charge >= 0.3 is 0 Å². The molecule has 0 atom stereocenters. The number of para-hydroxylation sites is 1. The Bertz CT molecular complexity index is 1150. The number of aromatic nitrogens is 3. The smallest absolute Gasteiger partial charge is 0.253 e. The SMILES string of the molecule is Cn1c(COc2ccccc2Cl)nn(CN2CCN(C(=O)c3ccc(Cl)cc3)CC2)c1=S. The lowest BCUT2D eigenvalue weighted by Gasteiger charge is -2.34. The molecule has 1 aliphatic rings. The summed E-state index contributed by atoms with van der Waals surface area (Å²) in [5.74, 6) is 1.34. The largest absolute Gasteiger partial charge is 0.484 e. The van der Waals surface area contributed by atoms with E-state index >= 15 is 0 Å². The molecule has 0 N–H and O–H groups in total. The summed E-state index contributed by atoms with van der Waals surface area (Å²) < 4.78 is 10.1. The van der Waals surface area contributed by atoms with E-state index in [1.807, 2.05) is 34.7 Å². The lowest BCUT2D eigenvalue weighted by atomic mass is 10.2. The van der Waals surface area contributed by atoms with Gasteiger partial charge in [-0.2, -0.15) is 5.10 Å². The fourth-order valence-electron chi connectivity index (χ4n) is 3.51. The quantitative estimate of drug-likeness (QED) is 0.482. The molecule has 0 spiro atoms. The van der Waals surface area contributed by atoms with Gasteiger partial charge in [-0.05, 0) is 48.6 Å². The van der Waals surface area contributed by atoms with Crippen LogP contribution in [0.2, 0.25) is 10.0 Å². The zero-order valence-electron chi connectivity index (χ0n) is 17.6. The highest BCUT2D eigenvalue weighted by atomic mass is 35.5. The number of piperazine rings is 1. The van der Waals surface area contributed by atoms with Crippen LogP contribution < -0.4 is 4.74 Å². The third kappa shape index (κ3) is 5.15. The monoisotopic (exact) mass is 491 g/mol. The number of hydrogen-bond donors (Lipinski definition) is 0. The molecule has 0 unspecified atom stereocenters. The number of hydrogen-bond acceptors (Lipinski definition) is 5. The van der Waals surface area contributed by atoms with Crippen LogP contribution in [0, 0.1) is 4.77 Å². The van der Waals surface area contributed by atoms with Crippen molar-refractivity contribution in [3.05, 3.63) is 74.7 Å². The third-order valence-electron chi connectivity index (χ3n) is 5.41. The van der Waals surface area contributed by atoms with Gasteiger partial charge in [-0.3, -0.25) is 9.69 Å². The average Bonchev–Trinajstić information content (AvgIpc) is 3.07. The highest BCUT2D eigenvalue weighted by molar-refractivity contribution is 7.71. The van der Waals surface area contributed by atoms with Crippen LogP contribution in [0.1, 0.15) is 16.2 Å². The minimum atomic E-state index is 0.0229. The number of nitrogens with zero attached hydrogens (tertiary/aromatic N) is 5. The van der Waals surface area contributed by atoms with Gasteiger partial charge in [-0.25, -0.2) is 4.68 Å². The van der Waals surface area contributed by atoms with Gasteiger partial charge in [0.2, 0.25) is 0 Å². The summed E-state index contributed by atoms with van der Waals surface area (Å²) in [6.45, 7) is 3.59. The molecule has 168 valence electrons. The second-order valence-electron chi connectivity index (χ2n) is 7.54. The molecule has 0 radical (unpaired) electrons. The Hall–Kier alpha value is -2.39. The molecule has 1 fully saturated rings. The van der Waals surface area contributed by atoms with E-state index in [4.69, 9.17) is 40.2 Å². The van der Waals surface area contributed by atoms with Gasteiger partial charge in [0.15, 0.2) is 10.6 Å². The molecule has 1 aromatic heterocycles. The first-order valence-corrected chi connectivity index (χ1v) is 11.4. The van der Waals surface area contributed by atoms with Crippen LogP contribution in [-0.4, -0.2) is 56.2 Å². The van der Waals surface area contributed by atoms with Crippen molar-refractivity contribution in [1.29, 1.82) is 0 Å². The van der Waals surface area contributed by atoms with Crippen LogP contribution in [-0.2, 0) is 20.3 Å². The Balaban J connectivity index is 1.34. The summed E-state index contributed by atoms with van der Waals surface area (Å²) in [6.07, 6.45) is 0. The van der Waals surface area contributed by atoms with Crippen molar-refractivity contribution in [2.45, 2.75) is 13.3 Å². The molecule has 0 aliphatic carbocycles. The van der Waals surface area contributed by atoms with Gasteiger partial charge in [-0.15, -0.1) is 0 Å². The minimum Gasteiger partial charge on any atom is -0.484 e. The summed E-state index contributed by atoms with van der Waals surface area (Å²) in [4.78, 5) is 16.8. The molecule has 10 heteroatoms. The first-order valence-electron chi connectivity index (χ1n) is 10.2. The van der Waals surface area contributed by atoms with E-state index in [0.717, 1.165) is 13.1 Å². The van der Waals surface area contributed by atoms with Crippen LogP contribution in [0.15, 0.2) is 48.5 Å². The number of ether oxygens (including phenoxy) is 1. The van der Waals surface area contributed by atoms with E-state index in [0.29, 0.717) is 51.7 Å². The first-order chi connectivity index (χ1) is 15.4. The van der Waals surface area contributed by atoms with E-state index < -0.39 is 0 Å². The maximum absolute atomic E-state index is 12.7. The summed E-state index contributed by atoms with van der Waals surface area (Å²) >= 11 is 17.6. The van der Waals surface area contributed by atoms with Crippen LogP contribution in [0.4, 0.5) is 0 Å². The van der Waals surface area contributed by atoms with Crippen molar-refractivity contribution in [2.24, 2.45) is 7.05 Å². The van der Waals surface area contributed by atoms with E-state index in [1.54, 1.807) is 35.0 Å². The predicted octanol–water partition coefficient (Wildman–Crippen LogP) is 4.25. The average molecular weight is 492 g/mol. The standard InChI is InChI=1S/C22H23Cl2N5O2S/c1-26-20(14-31-19-5-3-2-4-18(19)24)25-29(22(26)32)15-27-10-12-28(13-11-27)21(30)16-6-8-17(23)9-7-16/h2-9H,10-15H2,1H3. The number of halogens is 2. The third-order valence-corrected chi connectivity index (χ3v) is 6.46. The molecule has 2 aromatic carbocycles. The van der Waals surface area contributed by atoms with Crippen molar-refractivity contribution in [3.63, 3.8) is 0 Å². The number of amides is 1. The van der Waals surface area contributed by atoms with Gasteiger partial charge in [0, 0.05) is 43.8 Å². The van der Waals surface area contributed by atoms with Crippen molar-refractivity contribution in [1.82, 2.24) is 24.1 Å². The van der Waals surface area contributed by atoms with E-state index in [9.17, 15) is 4.79 Å². The molecule has 3 aromatic rings. The van der Waals surface area contributed by atoms with Crippen molar-refractivity contribution in [3.8, 4) is 5.75 Å². The number of carbonyl (C=O) groups is 1. The Kier molecular flexibility index (Phi) is 7.15. The predicted molar refractivity (Wildman–Crippen MR) is 127 cm³/mol. The second-order valence-corrected chi connectivity index (χ2v) is 8.74. The van der Waals surface area contributed by atoms with Gasteiger partial charge < -0.3 is 14.2 Å². The number of carbonyl (C=O) groups excluding carboxylic acids is 1. The van der Waals surface area contributed by atoms with Crippen LogP contribution >= 0.6 is 35.4 Å². The fourth-order valence-corrected chi connectivity index (χ4v) is 4.03. The normalized spacial score (nSPS) is 14.5. The zero-order valence-corrected chi connectivity index (χ0v) is 19.9. The molecule has 0 saturated carbocycles. The molecule has 1 aliphatic heterocycles.